The lowest BCUT2D eigenvalue weighted by Crippen LogP contribution is -2.19. The topological polar surface area (TPSA) is 43.1 Å². The molecule has 4 heteroatoms. The van der Waals surface area contributed by atoms with Crippen molar-refractivity contribution in [3.8, 4) is 0 Å². The van der Waals surface area contributed by atoms with Gasteiger partial charge in [0.25, 0.3) is 0 Å². The lowest BCUT2D eigenvalue weighted by atomic mass is 10.0. The maximum Gasteiger partial charge on any atom is 0.151 e. The third kappa shape index (κ3) is 2.79. The SMILES string of the molecule is CC(=O)C(N)c1ccccc1F.Cl. The van der Waals surface area contributed by atoms with E-state index < -0.39 is 11.9 Å². The zero-order valence-corrected chi connectivity index (χ0v) is 7.98. The molecule has 72 valence electrons. The van der Waals surface area contributed by atoms with E-state index >= 15 is 0 Å². The Morgan fingerprint density at radius 1 is 1.46 bits per heavy atom. The molecule has 1 aromatic carbocycles. The summed E-state index contributed by atoms with van der Waals surface area (Å²) in [6.07, 6.45) is 0. The van der Waals surface area contributed by atoms with Gasteiger partial charge in [-0.1, -0.05) is 18.2 Å². The van der Waals surface area contributed by atoms with Crippen LogP contribution in [-0.2, 0) is 4.79 Å². The van der Waals surface area contributed by atoms with Gasteiger partial charge >= 0.3 is 0 Å². The van der Waals surface area contributed by atoms with E-state index in [1.54, 1.807) is 12.1 Å². The maximum atomic E-state index is 13.0. The summed E-state index contributed by atoms with van der Waals surface area (Å²) in [5.74, 6) is -0.666. The Hall–Kier alpha value is -0.930. The number of carbonyl (C=O) groups excluding carboxylic acids is 1. The highest BCUT2D eigenvalue weighted by Crippen LogP contribution is 2.14. The van der Waals surface area contributed by atoms with Crippen molar-refractivity contribution in [3.05, 3.63) is 35.6 Å². The summed E-state index contributed by atoms with van der Waals surface area (Å²) in [6.45, 7) is 1.34. The number of halogens is 2. The van der Waals surface area contributed by atoms with Crippen LogP contribution in [0.4, 0.5) is 4.39 Å². The molecule has 0 radical (unpaired) electrons. The van der Waals surface area contributed by atoms with Crippen molar-refractivity contribution in [1.82, 2.24) is 0 Å². The molecule has 0 bridgehead atoms. The number of hydrogen-bond acceptors (Lipinski definition) is 2. The van der Waals surface area contributed by atoms with Crippen molar-refractivity contribution in [2.24, 2.45) is 5.73 Å². The maximum absolute atomic E-state index is 13.0. The van der Waals surface area contributed by atoms with Gasteiger partial charge in [-0.05, 0) is 13.0 Å². The fraction of sp³-hybridized carbons (Fsp3) is 0.222. The van der Waals surface area contributed by atoms with Crippen molar-refractivity contribution >= 4 is 18.2 Å². The van der Waals surface area contributed by atoms with E-state index in [1.165, 1.54) is 19.1 Å². The minimum atomic E-state index is -0.841. The monoisotopic (exact) mass is 203 g/mol. The molecule has 1 rings (SSSR count). The van der Waals surface area contributed by atoms with E-state index in [9.17, 15) is 9.18 Å². The molecule has 1 atom stereocenters. The molecule has 1 unspecified atom stereocenters. The summed E-state index contributed by atoms with van der Waals surface area (Å²) in [6, 6.07) is 5.18. The molecule has 0 amide bonds. The second-order valence-corrected chi connectivity index (χ2v) is 2.61. The van der Waals surface area contributed by atoms with Crippen LogP contribution in [0.1, 0.15) is 18.5 Å². The number of ketones is 1. The van der Waals surface area contributed by atoms with Crippen LogP contribution in [0.3, 0.4) is 0 Å². The average molecular weight is 204 g/mol. The van der Waals surface area contributed by atoms with E-state index in [1.807, 2.05) is 0 Å². The predicted octanol–water partition coefficient (Wildman–Crippen LogP) is 1.84. The van der Waals surface area contributed by atoms with E-state index in [4.69, 9.17) is 5.73 Å². The van der Waals surface area contributed by atoms with Crippen LogP contribution in [-0.4, -0.2) is 5.78 Å². The van der Waals surface area contributed by atoms with Gasteiger partial charge in [0.1, 0.15) is 5.82 Å². The van der Waals surface area contributed by atoms with Crippen molar-refractivity contribution in [2.75, 3.05) is 0 Å². The van der Waals surface area contributed by atoms with Gasteiger partial charge in [-0.3, -0.25) is 4.79 Å². The number of rotatable bonds is 2. The van der Waals surface area contributed by atoms with Crippen molar-refractivity contribution in [2.45, 2.75) is 13.0 Å². The Morgan fingerprint density at radius 3 is 2.46 bits per heavy atom. The van der Waals surface area contributed by atoms with Gasteiger partial charge < -0.3 is 5.73 Å². The molecule has 0 fully saturated rings. The fourth-order valence-corrected chi connectivity index (χ4v) is 0.946. The Labute approximate surface area is 82.3 Å². The molecule has 0 heterocycles. The van der Waals surface area contributed by atoms with E-state index in [2.05, 4.69) is 0 Å². The first-order chi connectivity index (χ1) is 5.63. The van der Waals surface area contributed by atoms with Crippen molar-refractivity contribution in [1.29, 1.82) is 0 Å². The first-order valence-corrected chi connectivity index (χ1v) is 3.63. The van der Waals surface area contributed by atoms with Gasteiger partial charge in [-0.15, -0.1) is 12.4 Å². The lowest BCUT2D eigenvalue weighted by molar-refractivity contribution is -0.118. The van der Waals surface area contributed by atoms with Crippen LogP contribution < -0.4 is 5.73 Å². The highest BCUT2D eigenvalue weighted by Gasteiger charge is 2.14. The first kappa shape index (κ1) is 12.1. The summed E-state index contributed by atoms with van der Waals surface area (Å²) in [4.78, 5) is 10.8. The van der Waals surface area contributed by atoms with Crippen LogP contribution in [0.25, 0.3) is 0 Å². The van der Waals surface area contributed by atoms with Gasteiger partial charge in [0.15, 0.2) is 5.78 Å². The predicted molar refractivity (Wildman–Crippen MR) is 51.3 cm³/mol. The fourth-order valence-electron chi connectivity index (χ4n) is 0.946. The molecule has 1 aromatic rings. The highest BCUT2D eigenvalue weighted by atomic mass is 35.5. The Kier molecular flexibility index (Phi) is 4.59. The van der Waals surface area contributed by atoms with Gasteiger partial charge in [-0.2, -0.15) is 0 Å². The van der Waals surface area contributed by atoms with E-state index in [-0.39, 0.29) is 23.8 Å². The number of hydrogen-bond donors (Lipinski definition) is 1. The van der Waals surface area contributed by atoms with Gasteiger partial charge in [0.05, 0.1) is 6.04 Å². The Balaban J connectivity index is 0.00000144. The molecule has 0 aliphatic carbocycles. The van der Waals surface area contributed by atoms with Gasteiger partial charge in [0, 0.05) is 5.56 Å². The Bertz CT molecular complexity index is 303. The van der Waals surface area contributed by atoms with Crippen LogP contribution in [0.2, 0.25) is 0 Å². The minimum Gasteiger partial charge on any atom is -0.318 e. The van der Waals surface area contributed by atoms with Crippen LogP contribution in [0.5, 0.6) is 0 Å². The number of Topliss-reactive ketones (excluding diaryl/α,β-unsaturated/α-hetero) is 1. The number of carbonyl (C=O) groups is 1. The summed E-state index contributed by atoms with van der Waals surface area (Å²) >= 11 is 0. The van der Waals surface area contributed by atoms with E-state index in [0.717, 1.165) is 0 Å². The quantitative estimate of drug-likeness (QED) is 0.797. The molecule has 13 heavy (non-hydrogen) atoms. The van der Waals surface area contributed by atoms with Gasteiger partial charge in [0.2, 0.25) is 0 Å². The number of benzene rings is 1. The minimum absolute atomic E-state index is 0. The molecule has 0 saturated carbocycles. The first-order valence-electron chi connectivity index (χ1n) is 3.63. The molecule has 0 saturated heterocycles. The molecule has 0 spiro atoms. The molecule has 0 aromatic heterocycles. The molecule has 2 nitrogen and oxygen atoms in total. The molecule has 0 aliphatic rings. The third-order valence-electron chi connectivity index (χ3n) is 1.68. The highest BCUT2D eigenvalue weighted by molar-refractivity contribution is 5.85. The largest absolute Gasteiger partial charge is 0.318 e. The second kappa shape index (κ2) is 4.94. The van der Waals surface area contributed by atoms with Crippen LogP contribution in [0.15, 0.2) is 24.3 Å². The average Bonchev–Trinajstić information content (AvgIpc) is 2.04. The van der Waals surface area contributed by atoms with Gasteiger partial charge in [-0.25, -0.2) is 4.39 Å². The lowest BCUT2D eigenvalue weighted by Gasteiger charge is -2.07. The summed E-state index contributed by atoms with van der Waals surface area (Å²) in [5, 5.41) is 0. The summed E-state index contributed by atoms with van der Waals surface area (Å²) in [7, 11) is 0. The number of nitrogens with two attached hydrogens (primary N) is 1. The van der Waals surface area contributed by atoms with Crippen molar-refractivity contribution < 1.29 is 9.18 Å². The summed E-state index contributed by atoms with van der Waals surface area (Å²) in [5.41, 5.74) is 5.70. The van der Waals surface area contributed by atoms with Crippen LogP contribution in [0, 0.1) is 5.82 Å². The zero-order valence-electron chi connectivity index (χ0n) is 7.16. The molecular formula is C9H11ClFNO. The smallest absolute Gasteiger partial charge is 0.151 e. The normalized spacial score (nSPS) is 11.6. The molecule has 0 aliphatic heterocycles. The zero-order chi connectivity index (χ0) is 9.14. The molecular weight excluding hydrogens is 193 g/mol. The van der Waals surface area contributed by atoms with Crippen LogP contribution >= 0.6 is 12.4 Å². The second-order valence-electron chi connectivity index (χ2n) is 2.61. The summed E-state index contributed by atoms with van der Waals surface area (Å²) < 4.78 is 13.0. The Morgan fingerprint density at radius 2 is 2.00 bits per heavy atom. The van der Waals surface area contributed by atoms with Crippen molar-refractivity contribution in [3.63, 3.8) is 0 Å². The standard InChI is InChI=1S/C9H10FNO.ClH/c1-6(12)9(11)7-4-2-3-5-8(7)10;/h2-5,9H,11H2,1H3;1H. The van der Waals surface area contributed by atoms with E-state index in [0.29, 0.717) is 0 Å². The molecule has 2 N–H and O–H groups in total. The third-order valence-corrected chi connectivity index (χ3v) is 1.68.